The van der Waals surface area contributed by atoms with Crippen molar-refractivity contribution in [2.24, 2.45) is 5.73 Å². The van der Waals surface area contributed by atoms with E-state index in [4.69, 9.17) is 22.7 Å². The van der Waals surface area contributed by atoms with Crippen molar-refractivity contribution in [1.29, 1.82) is 0 Å². The summed E-state index contributed by atoms with van der Waals surface area (Å²) in [6.07, 6.45) is 3.09. The molecule has 66 valence electrons. The van der Waals surface area contributed by atoms with Crippen molar-refractivity contribution in [2.75, 3.05) is 6.61 Å². The van der Waals surface area contributed by atoms with Crippen molar-refractivity contribution < 1.29 is 4.74 Å². The lowest BCUT2D eigenvalue weighted by atomic mass is 10.3. The summed E-state index contributed by atoms with van der Waals surface area (Å²) >= 11 is 4.82. The Morgan fingerprint density at radius 1 is 1.55 bits per heavy atom. The minimum Gasteiger partial charge on any atom is -0.391 e. The zero-order valence-electron chi connectivity index (χ0n) is 7.30. The zero-order valence-corrected chi connectivity index (χ0v) is 8.12. The molecule has 11 heavy (non-hydrogen) atoms. The van der Waals surface area contributed by atoms with E-state index < -0.39 is 0 Å². The summed E-state index contributed by atoms with van der Waals surface area (Å²) in [5.74, 6) is 0. The smallest absolute Gasteiger partial charge is 0.107 e. The van der Waals surface area contributed by atoms with E-state index >= 15 is 0 Å². The Labute approximate surface area is 74.1 Å². The molecule has 0 amide bonds. The zero-order chi connectivity index (χ0) is 8.69. The first kappa shape index (κ1) is 10.8. The third-order valence-corrected chi connectivity index (χ3v) is 1.77. The van der Waals surface area contributed by atoms with Gasteiger partial charge in [-0.2, -0.15) is 0 Å². The molecule has 0 spiro atoms. The molecule has 0 saturated heterocycles. The second-order valence-electron chi connectivity index (χ2n) is 2.52. The second kappa shape index (κ2) is 6.55. The second-order valence-corrected chi connectivity index (χ2v) is 3.00. The topological polar surface area (TPSA) is 35.2 Å². The summed E-state index contributed by atoms with van der Waals surface area (Å²) < 4.78 is 5.43. The van der Waals surface area contributed by atoms with Gasteiger partial charge >= 0.3 is 0 Å². The van der Waals surface area contributed by atoms with Crippen LogP contribution in [0.15, 0.2) is 0 Å². The van der Waals surface area contributed by atoms with Crippen molar-refractivity contribution in [3.63, 3.8) is 0 Å². The molecule has 0 saturated carbocycles. The molecule has 0 aromatic rings. The molecule has 0 aromatic heterocycles. The summed E-state index contributed by atoms with van der Waals surface area (Å²) in [6, 6.07) is 0. The number of rotatable bonds is 6. The Hall–Kier alpha value is -0.150. The van der Waals surface area contributed by atoms with E-state index in [1.165, 1.54) is 0 Å². The molecular formula is C8H17NOS. The maximum atomic E-state index is 5.44. The van der Waals surface area contributed by atoms with Crippen molar-refractivity contribution in [2.45, 2.75) is 39.2 Å². The minimum atomic E-state index is -0.0171. The molecule has 1 unspecified atom stereocenters. The van der Waals surface area contributed by atoms with Gasteiger partial charge in [0.05, 0.1) is 0 Å². The Balaban J connectivity index is 3.44. The fourth-order valence-electron chi connectivity index (χ4n) is 0.771. The fourth-order valence-corrected chi connectivity index (χ4v) is 1.01. The molecule has 0 rings (SSSR count). The summed E-state index contributed by atoms with van der Waals surface area (Å²) in [5, 5.41) is 0. The van der Waals surface area contributed by atoms with Gasteiger partial charge in [0, 0.05) is 6.61 Å². The molecule has 0 bridgehead atoms. The van der Waals surface area contributed by atoms with E-state index in [-0.39, 0.29) is 6.10 Å². The van der Waals surface area contributed by atoms with Gasteiger partial charge in [0.25, 0.3) is 0 Å². The first-order valence-corrected chi connectivity index (χ1v) is 4.54. The number of nitrogens with two attached hydrogens (primary N) is 1. The van der Waals surface area contributed by atoms with Gasteiger partial charge in [-0.1, -0.05) is 32.5 Å². The van der Waals surface area contributed by atoms with Crippen LogP contribution in [0.3, 0.4) is 0 Å². The summed E-state index contributed by atoms with van der Waals surface area (Å²) in [4.78, 5) is 0.476. The van der Waals surface area contributed by atoms with E-state index in [2.05, 4.69) is 6.92 Å². The van der Waals surface area contributed by atoms with Crippen molar-refractivity contribution in [3.05, 3.63) is 0 Å². The molecule has 0 heterocycles. The highest BCUT2D eigenvalue weighted by Crippen LogP contribution is 2.00. The number of thiocarbonyl (C=S) groups is 1. The first-order chi connectivity index (χ1) is 5.22. The third-order valence-electron chi connectivity index (χ3n) is 1.51. The van der Waals surface area contributed by atoms with Crippen molar-refractivity contribution >= 4 is 17.2 Å². The van der Waals surface area contributed by atoms with Gasteiger partial charge in [0.15, 0.2) is 0 Å². The van der Waals surface area contributed by atoms with Crippen LogP contribution in [-0.2, 0) is 4.74 Å². The van der Waals surface area contributed by atoms with E-state index in [0.29, 0.717) is 4.99 Å². The molecule has 0 aromatic carbocycles. The van der Waals surface area contributed by atoms with Crippen LogP contribution in [0.25, 0.3) is 0 Å². The average molecular weight is 175 g/mol. The van der Waals surface area contributed by atoms with Crippen LogP contribution >= 0.6 is 12.2 Å². The predicted molar refractivity (Wildman–Crippen MR) is 51.7 cm³/mol. The highest BCUT2D eigenvalue weighted by molar-refractivity contribution is 7.80. The Morgan fingerprint density at radius 3 is 2.55 bits per heavy atom. The van der Waals surface area contributed by atoms with Crippen LogP contribution in [0.1, 0.15) is 33.1 Å². The molecule has 0 aliphatic carbocycles. The quantitative estimate of drug-likeness (QED) is 0.494. The number of hydrogen-bond donors (Lipinski definition) is 1. The normalized spacial score (nSPS) is 12.9. The SMILES string of the molecule is CCCCOC(CC)C(N)=S. The molecule has 3 heteroatoms. The highest BCUT2D eigenvalue weighted by atomic mass is 32.1. The lowest BCUT2D eigenvalue weighted by Gasteiger charge is -2.13. The fraction of sp³-hybridized carbons (Fsp3) is 0.875. The molecule has 0 aliphatic rings. The minimum absolute atomic E-state index is 0.0171. The number of unbranched alkanes of at least 4 members (excludes halogenated alkanes) is 1. The Morgan fingerprint density at radius 2 is 2.18 bits per heavy atom. The van der Waals surface area contributed by atoms with E-state index in [9.17, 15) is 0 Å². The van der Waals surface area contributed by atoms with Gasteiger partial charge in [-0.05, 0) is 12.8 Å². The molecule has 0 aliphatic heterocycles. The van der Waals surface area contributed by atoms with Gasteiger partial charge in [-0.25, -0.2) is 0 Å². The Bertz CT molecular complexity index is 117. The molecule has 0 radical (unpaired) electrons. The molecule has 2 nitrogen and oxygen atoms in total. The van der Waals surface area contributed by atoms with Crippen LogP contribution in [0.2, 0.25) is 0 Å². The monoisotopic (exact) mass is 175 g/mol. The van der Waals surface area contributed by atoms with Crippen LogP contribution in [0.5, 0.6) is 0 Å². The highest BCUT2D eigenvalue weighted by Gasteiger charge is 2.07. The third kappa shape index (κ3) is 5.16. The van der Waals surface area contributed by atoms with Crippen molar-refractivity contribution in [3.8, 4) is 0 Å². The van der Waals surface area contributed by atoms with Gasteiger partial charge < -0.3 is 10.5 Å². The van der Waals surface area contributed by atoms with Gasteiger partial charge in [0.1, 0.15) is 11.1 Å². The first-order valence-electron chi connectivity index (χ1n) is 4.13. The molecule has 2 N–H and O–H groups in total. The largest absolute Gasteiger partial charge is 0.391 e. The Kier molecular flexibility index (Phi) is 6.46. The van der Waals surface area contributed by atoms with E-state index in [1.807, 2.05) is 6.92 Å². The number of hydrogen-bond acceptors (Lipinski definition) is 2. The van der Waals surface area contributed by atoms with Crippen LogP contribution < -0.4 is 5.73 Å². The standard InChI is InChI=1S/C8H17NOS/c1-3-5-6-10-7(4-2)8(9)11/h7H,3-6H2,1-2H3,(H2,9,11). The van der Waals surface area contributed by atoms with E-state index in [0.717, 1.165) is 25.9 Å². The van der Waals surface area contributed by atoms with Gasteiger partial charge in [-0.15, -0.1) is 0 Å². The predicted octanol–water partition coefficient (Wildman–Crippen LogP) is 1.87. The van der Waals surface area contributed by atoms with Crippen LogP contribution in [0.4, 0.5) is 0 Å². The summed E-state index contributed by atoms with van der Waals surface area (Å²) in [6.45, 7) is 4.92. The van der Waals surface area contributed by atoms with Crippen LogP contribution in [0, 0.1) is 0 Å². The maximum absolute atomic E-state index is 5.44. The van der Waals surface area contributed by atoms with Crippen molar-refractivity contribution in [1.82, 2.24) is 0 Å². The van der Waals surface area contributed by atoms with Gasteiger partial charge in [-0.3, -0.25) is 0 Å². The summed E-state index contributed by atoms with van der Waals surface area (Å²) in [5.41, 5.74) is 5.44. The maximum Gasteiger partial charge on any atom is 0.107 e. The lowest BCUT2D eigenvalue weighted by molar-refractivity contribution is 0.0937. The molecule has 0 fully saturated rings. The molecule has 1 atom stereocenters. The lowest BCUT2D eigenvalue weighted by Crippen LogP contribution is -2.29. The molecular weight excluding hydrogens is 158 g/mol. The average Bonchev–Trinajstić information content (AvgIpc) is 1.97. The van der Waals surface area contributed by atoms with Gasteiger partial charge in [0.2, 0.25) is 0 Å². The number of ether oxygens (including phenoxy) is 1. The summed E-state index contributed by atoms with van der Waals surface area (Å²) in [7, 11) is 0. The van der Waals surface area contributed by atoms with Crippen LogP contribution in [-0.4, -0.2) is 17.7 Å². The van der Waals surface area contributed by atoms with E-state index in [1.54, 1.807) is 0 Å².